The Kier molecular flexibility index (Phi) is 7.44. The fourth-order valence-corrected chi connectivity index (χ4v) is 4.03. The summed E-state index contributed by atoms with van der Waals surface area (Å²) in [6.07, 6.45) is 1.28. The average Bonchev–Trinajstić information content (AvgIpc) is 3.13. The maximum Gasteiger partial charge on any atom is 0.348 e. The lowest BCUT2D eigenvalue weighted by Gasteiger charge is -2.12. The van der Waals surface area contributed by atoms with Crippen molar-refractivity contribution in [3.8, 4) is 11.5 Å². The quantitative estimate of drug-likeness (QED) is 0.381. The fraction of sp³-hybridized carbons (Fsp3) is 0.333. The number of aryl methyl sites for hydroxylation is 1. The first-order chi connectivity index (χ1) is 15.4. The number of rotatable bonds is 9. The predicted octanol–water partition coefficient (Wildman–Crippen LogP) is 2.23. The Morgan fingerprint density at radius 3 is 2.62 bits per heavy atom. The summed E-state index contributed by atoms with van der Waals surface area (Å²) in [4.78, 5) is 42.8. The highest BCUT2D eigenvalue weighted by Gasteiger charge is 2.21. The maximum absolute atomic E-state index is 13.0. The molecular weight excluding hydrogens is 438 g/mol. The van der Waals surface area contributed by atoms with E-state index in [4.69, 9.17) is 18.9 Å². The molecule has 0 radical (unpaired) electrons. The van der Waals surface area contributed by atoms with Crippen LogP contribution in [0.3, 0.4) is 0 Å². The minimum absolute atomic E-state index is 0.107. The van der Waals surface area contributed by atoms with Crippen LogP contribution in [0.25, 0.3) is 10.2 Å². The van der Waals surface area contributed by atoms with Gasteiger partial charge in [-0.3, -0.25) is 14.2 Å². The van der Waals surface area contributed by atoms with E-state index < -0.39 is 17.4 Å². The molecule has 1 amide bonds. The minimum Gasteiger partial charge on any atom is -0.497 e. The third-order valence-corrected chi connectivity index (χ3v) is 5.80. The highest BCUT2D eigenvalue weighted by atomic mass is 32.1. The van der Waals surface area contributed by atoms with Crippen LogP contribution in [0.2, 0.25) is 0 Å². The first-order valence-corrected chi connectivity index (χ1v) is 10.4. The van der Waals surface area contributed by atoms with E-state index in [1.807, 2.05) is 0 Å². The van der Waals surface area contributed by atoms with E-state index >= 15 is 0 Å². The van der Waals surface area contributed by atoms with Crippen LogP contribution in [0.15, 0.2) is 29.3 Å². The number of nitrogens with zero attached hydrogens (tertiary/aromatic N) is 2. The third-order valence-electron chi connectivity index (χ3n) is 4.62. The molecule has 2 heterocycles. The van der Waals surface area contributed by atoms with Gasteiger partial charge in [-0.15, -0.1) is 11.3 Å². The van der Waals surface area contributed by atoms with Crippen LogP contribution in [-0.2, 0) is 20.8 Å². The smallest absolute Gasteiger partial charge is 0.348 e. The number of esters is 1. The third kappa shape index (κ3) is 4.89. The molecule has 170 valence electrons. The monoisotopic (exact) mass is 461 g/mol. The highest BCUT2D eigenvalue weighted by molar-refractivity contribution is 7.20. The Morgan fingerprint density at radius 2 is 1.94 bits per heavy atom. The van der Waals surface area contributed by atoms with Crippen LogP contribution >= 0.6 is 11.3 Å². The van der Waals surface area contributed by atoms with E-state index in [2.05, 4.69) is 10.3 Å². The summed E-state index contributed by atoms with van der Waals surface area (Å²) < 4.78 is 21.6. The summed E-state index contributed by atoms with van der Waals surface area (Å²) in [5.41, 5.74) is 0.487. The second-order valence-corrected chi connectivity index (χ2v) is 7.66. The Balaban J connectivity index is 1.82. The number of methoxy groups -OCH3 is 3. The molecular formula is C21H23N3O7S. The first-order valence-electron chi connectivity index (χ1n) is 9.56. The fourth-order valence-electron chi connectivity index (χ4n) is 3.00. The van der Waals surface area contributed by atoms with Crippen molar-refractivity contribution in [3.05, 3.63) is 45.3 Å². The first kappa shape index (κ1) is 23.2. The molecule has 0 atom stereocenters. The van der Waals surface area contributed by atoms with Crippen molar-refractivity contribution in [2.24, 2.45) is 0 Å². The van der Waals surface area contributed by atoms with Crippen LogP contribution in [0, 0.1) is 6.92 Å². The van der Waals surface area contributed by atoms with Gasteiger partial charge in [-0.2, -0.15) is 0 Å². The number of hydrogen-bond donors (Lipinski definition) is 1. The van der Waals surface area contributed by atoms with E-state index in [1.165, 1.54) is 32.2 Å². The van der Waals surface area contributed by atoms with Gasteiger partial charge in [0.1, 0.15) is 34.4 Å². The van der Waals surface area contributed by atoms with Crippen LogP contribution < -0.4 is 20.3 Å². The summed E-state index contributed by atoms with van der Waals surface area (Å²) >= 11 is 1.07. The molecule has 0 unspecified atom stereocenters. The van der Waals surface area contributed by atoms with Crippen molar-refractivity contribution in [1.29, 1.82) is 0 Å². The molecule has 32 heavy (non-hydrogen) atoms. The van der Waals surface area contributed by atoms with Crippen LogP contribution in [-0.4, -0.2) is 56.0 Å². The van der Waals surface area contributed by atoms with Crippen molar-refractivity contribution < 1.29 is 28.5 Å². The largest absolute Gasteiger partial charge is 0.497 e. The molecule has 1 N–H and O–H groups in total. The molecule has 0 aliphatic carbocycles. The molecule has 0 fully saturated rings. The Labute approximate surface area is 187 Å². The van der Waals surface area contributed by atoms with Gasteiger partial charge >= 0.3 is 5.97 Å². The van der Waals surface area contributed by atoms with Gasteiger partial charge in [0.15, 0.2) is 0 Å². The number of ether oxygens (including phenoxy) is 4. The molecule has 11 heteroatoms. The highest BCUT2D eigenvalue weighted by Crippen LogP contribution is 2.29. The van der Waals surface area contributed by atoms with Crippen LogP contribution in [0.4, 0.5) is 5.69 Å². The van der Waals surface area contributed by atoms with Gasteiger partial charge in [0.2, 0.25) is 5.91 Å². The molecule has 0 saturated heterocycles. The number of carbonyl (C=O) groups is 2. The molecule has 3 rings (SSSR count). The average molecular weight is 461 g/mol. The second-order valence-electron chi connectivity index (χ2n) is 6.66. The molecule has 0 saturated carbocycles. The molecule has 2 aromatic heterocycles. The SMILES string of the molecule is COCCOC(=O)c1sc2ncn(CC(=O)Nc3ccc(OC)cc3OC)c(=O)c2c1C. The van der Waals surface area contributed by atoms with E-state index in [0.717, 1.165) is 11.3 Å². The number of thiophene rings is 1. The molecule has 0 bridgehead atoms. The summed E-state index contributed by atoms with van der Waals surface area (Å²) in [5.74, 6) is 0.0146. The molecule has 1 aromatic carbocycles. The molecule has 3 aromatic rings. The van der Waals surface area contributed by atoms with Crippen LogP contribution in [0.5, 0.6) is 11.5 Å². The van der Waals surface area contributed by atoms with E-state index in [-0.39, 0.29) is 25.1 Å². The van der Waals surface area contributed by atoms with Gasteiger partial charge in [0, 0.05) is 13.2 Å². The molecule has 0 spiro atoms. The summed E-state index contributed by atoms with van der Waals surface area (Å²) in [5, 5.41) is 3.00. The number of fused-ring (bicyclic) bond motifs is 1. The summed E-state index contributed by atoms with van der Waals surface area (Å²) in [7, 11) is 4.51. The molecule has 10 nitrogen and oxygen atoms in total. The number of nitrogens with one attached hydrogen (secondary N) is 1. The second kappa shape index (κ2) is 10.2. The molecule has 0 aliphatic rings. The number of benzene rings is 1. The topological polar surface area (TPSA) is 118 Å². The predicted molar refractivity (Wildman–Crippen MR) is 119 cm³/mol. The van der Waals surface area contributed by atoms with Gasteiger partial charge < -0.3 is 24.3 Å². The van der Waals surface area contributed by atoms with Crippen molar-refractivity contribution in [1.82, 2.24) is 9.55 Å². The lowest BCUT2D eigenvalue weighted by molar-refractivity contribution is -0.116. The number of hydrogen-bond acceptors (Lipinski definition) is 9. The number of anilines is 1. The lowest BCUT2D eigenvalue weighted by Crippen LogP contribution is -2.28. The van der Waals surface area contributed by atoms with Crippen molar-refractivity contribution in [2.45, 2.75) is 13.5 Å². The van der Waals surface area contributed by atoms with Gasteiger partial charge in [-0.05, 0) is 24.6 Å². The van der Waals surface area contributed by atoms with Gasteiger partial charge in [-0.1, -0.05) is 0 Å². The normalized spacial score (nSPS) is 10.8. The zero-order valence-electron chi connectivity index (χ0n) is 18.1. The Morgan fingerprint density at radius 1 is 1.16 bits per heavy atom. The Hall–Kier alpha value is -3.44. The Bertz CT molecular complexity index is 1200. The van der Waals surface area contributed by atoms with E-state index in [9.17, 15) is 14.4 Å². The van der Waals surface area contributed by atoms with Crippen molar-refractivity contribution in [3.63, 3.8) is 0 Å². The van der Waals surface area contributed by atoms with Gasteiger partial charge in [0.05, 0.1) is 38.2 Å². The lowest BCUT2D eigenvalue weighted by atomic mass is 10.2. The zero-order chi connectivity index (χ0) is 23.3. The number of aromatic nitrogens is 2. The summed E-state index contributed by atoms with van der Waals surface area (Å²) in [6.45, 7) is 1.77. The summed E-state index contributed by atoms with van der Waals surface area (Å²) in [6, 6.07) is 4.96. The van der Waals surface area contributed by atoms with Crippen LogP contribution in [0.1, 0.15) is 15.2 Å². The minimum atomic E-state index is -0.544. The standard InChI is InChI=1S/C21H23N3O7S/c1-12-17-19(32-18(12)21(27)31-8-7-28-2)22-11-24(20(17)26)10-16(25)23-14-6-5-13(29-3)9-15(14)30-4/h5-6,9,11H,7-8,10H2,1-4H3,(H,23,25). The number of carbonyl (C=O) groups excluding carboxylic acids is 2. The maximum atomic E-state index is 13.0. The van der Waals surface area contributed by atoms with Gasteiger partial charge in [-0.25, -0.2) is 9.78 Å². The van der Waals surface area contributed by atoms with Crippen molar-refractivity contribution in [2.75, 3.05) is 39.9 Å². The van der Waals surface area contributed by atoms with E-state index in [0.29, 0.717) is 32.5 Å². The van der Waals surface area contributed by atoms with Gasteiger partial charge in [0.25, 0.3) is 5.56 Å². The number of amides is 1. The van der Waals surface area contributed by atoms with Crippen molar-refractivity contribution >= 4 is 39.1 Å². The zero-order valence-corrected chi connectivity index (χ0v) is 18.9. The molecule has 0 aliphatic heterocycles. The van der Waals surface area contributed by atoms with E-state index in [1.54, 1.807) is 25.1 Å².